The molecule has 0 spiro atoms. The minimum Gasteiger partial charge on any atom is -0.474 e. The summed E-state index contributed by atoms with van der Waals surface area (Å²) in [5, 5.41) is -0.205. The van der Waals surface area contributed by atoms with Gasteiger partial charge in [-0.3, -0.25) is 4.79 Å². The van der Waals surface area contributed by atoms with Crippen molar-refractivity contribution in [1.29, 1.82) is 0 Å². The number of hydrogen-bond donors (Lipinski definition) is 0. The van der Waals surface area contributed by atoms with E-state index in [1.807, 2.05) is 63.2 Å². The largest absolute Gasteiger partial charge is 0.474 e. The van der Waals surface area contributed by atoms with Crippen LogP contribution in [0.2, 0.25) is 0 Å². The summed E-state index contributed by atoms with van der Waals surface area (Å²) in [5.74, 6) is 0.986. The van der Waals surface area contributed by atoms with E-state index < -0.39 is 0 Å². The number of halogens is 1. The average Bonchev–Trinajstić information content (AvgIpc) is 2.50. The fraction of sp³-hybridized carbons (Fsp3) is 0.278. The fourth-order valence-corrected chi connectivity index (χ4v) is 2.77. The number of alkyl halides is 1. The summed E-state index contributed by atoms with van der Waals surface area (Å²) in [6.45, 7) is 5.82. The van der Waals surface area contributed by atoms with Crippen LogP contribution in [0, 0.1) is 13.8 Å². The number of benzene rings is 2. The highest BCUT2D eigenvalue weighted by molar-refractivity contribution is 9.09. The minimum atomic E-state index is -0.205. The molecule has 2 aromatic rings. The normalized spacial score (nSPS) is 12.0. The summed E-state index contributed by atoms with van der Waals surface area (Å²) >= 11 is 3.56. The van der Waals surface area contributed by atoms with E-state index in [4.69, 9.17) is 4.74 Å². The van der Waals surface area contributed by atoms with Crippen LogP contribution in [0.25, 0.3) is 0 Å². The second-order valence-electron chi connectivity index (χ2n) is 5.06. The highest BCUT2D eigenvalue weighted by atomic mass is 79.9. The Morgan fingerprint density at radius 3 is 2.24 bits per heavy atom. The average molecular weight is 347 g/mol. The molecule has 0 N–H and O–H groups in total. The van der Waals surface area contributed by atoms with Crippen LogP contribution in [0.5, 0.6) is 5.75 Å². The maximum absolute atomic E-state index is 11.8. The van der Waals surface area contributed by atoms with Crippen LogP contribution >= 0.6 is 15.9 Å². The number of rotatable bonds is 5. The molecule has 0 heterocycles. The predicted octanol–water partition coefficient (Wildman–Crippen LogP) is 5.37. The van der Waals surface area contributed by atoms with Crippen molar-refractivity contribution in [2.24, 2.45) is 0 Å². The van der Waals surface area contributed by atoms with Gasteiger partial charge in [-0.05, 0) is 53.0 Å². The van der Waals surface area contributed by atoms with E-state index in [9.17, 15) is 4.79 Å². The van der Waals surface area contributed by atoms with Crippen LogP contribution < -0.4 is 4.74 Å². The first-order valence-corrected chi connectivity index (χ1v) is 7.94. The molecule has 0 fully saturated rings. The molecule has 1 atom stereocenters. The maximum atomic E-state index is 11.8. The number of hydrogen-bond acceptors (Lipinski definition) is 2. The monoisotopic (exact) mass is 346 g/mol. The molecule has 0 bridgehead atoms. The Balaban J connectivity index is 2.27. The van der Waals surface area contributed by atoms with Gasteiger partial charge in [0.1, 0.15) is 5.75 Å². The first-order valence-electron chi connectivity index (χ1n) is 7.03. The molecule has 0 aliphatic heterocycles. The zero-order valence-electron chi connectivity index (χ0n) is 12.5. The number of carbonyl (C=O) groups excluding carboxylic acids is 1. The molecule has 0 saturated heterocycles. The van der Waals surface area contributed by atoms with Crippen molar-refractivity contribution < 1.29 is 9.53 Å². The summed E-state index contributed by atoms with van der Waals surface area (Å²) in [6, 6.07) is 13.8. The molecule has 0 aromatic heterocycles. The van der Waals surface area contributed by atoms with Crippen molar-refractivity contribution in [3.63, 3.8) is 0 Å². The lowest BCUT2D eigenvalue weighted by Crippen LogP contribution is -2.05. The van der Waals surface area contributed by atoms with Crippen LogP contribution in [-0.4, -0.2) is 5.78 Å². The molecule has 2 rings (SSSR count). The van der Waals surface area contributed by atoms with Gasteiger partial charge in [0.25, 0.3) is 0 Å². The van der Waals surface area contributed by atoms with E-state index in [0.717, 1.165) is 28.0 Å². The van der Waals surface area contributed by atoms with Crippen LogP contribution in [0.3, 0.4) is 0 Å². The Bertz CT molecular complexity index is 612. The van der Waals surface area contributed by atoms with Gasteiger partial charge in [0.15, 0.2) is 10.8 Å². The molecule has 0 aliphatic rings. The Hall–Kier alpha value is -1.61. The number of Topliss-reactive ketones (excluding diaryl/α,β-unsaturated/α-hetero) is 1. The quantitative estimate of drug-likeness (QED) is 0.537. The summed E-state index contributed by atoms with van der Waals surface area (Å²) in [6.07, 6.45) is 0.518. The lowest BCUT2D eigenvalue weighted by atomic mass is 10.0. The molecule has 21 heavy (non-hydrogen) atoms. The molecule has 0 radical (unpaired) electrons. The molecule has 1 unspecified atom stereocenters. The van der Waals surface area contributed by atoms with E-state index >= 15 is 0 Å². The maximum Gasteiger partial charge on any atom is 0.178 e. The van der Waals surface area contributed by atoms with Gasteiger partial charge in [0.05, 0.1) is 0 Å². The fourth-order valence-electron chi connectivity index (χ4n) is 2.28. The van der Waals surface area contributed by atoms with Gasteiger partial charge < -0.3 is 4.74 Å². The summed E-state index contributed by atoms with van der Waals surface area (Å²) < 4.78 is 6.04. The Kier molecular flexibility index (Phi) is 5.18. The van der Waals surface area contributed by atoms with E-state index in [1.54, 1.807) is 0 Å². The Morgan fingerprint density at radius 1 is 1.14 bits per heavy atom. The van der Waals surface area contributed by atoms with Crippen molar-refractivity contribution in [3.05, 3.63) is 64.7 Å². The number of aryl methyl sites for hydroxylation is 2. The Morgan fingerprint density at radius 2 is 1.71 bits per heavy atom. The van der Waals surface area contributed by atoms with Crippen LogP contribution in [0.4, 0.5) is 0 Å². The van der Waals surface area contributed by atoms with Crippen LogP contribution in [0.15, 0.2) is 42.5 Å². The Labute approximate surface area is 134 Å². The smallest absolute Gasteiger partial charge is 0.178 e. The van der Waals surface area contributed by atoms with Crippen molar-refractivity contribution >= 4 is 21.7 Å². The second-order valence-corrected chi connectivity index (χ2v) is 5.89. The SMILES string of the molecule is CCC(=O)c1cc(C)c(OC(Br)c2ccccc2)c(C)c1. The molecule has 2 nitrogen and oxygen atoms in total. The van der Waals surface area contributed by atoms with Gasteiger partial charge in [0.2, 0.25) is 0 Å². The van der Waals surface area contributed by atoms with Crippen molar-refractivity contribution in [1.82, 2.24) is 0 Å². The van der Waals surface area contributed by atoms with E-state index in [0.29, 0.717) is 6.42 Å². The molecule has 0 saturated carbocycles. The zero-order chi connectivity index (χ0) is 15.4. The number of ketones is 1. The molecule has 0 amide bonds. The van der Waals surface area contributed by atoms with Gasteiger partial charge in [-0.2, -0.15) is 0 Å². The number of ether oxygens (including phenoxy) is 1. The number of carbonyl (C=O) groups is 1. The highest BCUT2D eigenvalue weighted by Crippen LogP contribution is 2.32. The predicted molar refractivity (Wildman–Crippen MR) is 89.3 cm³/mol. The lowest BCUT2D eigenvalue weighted by Gasteiger charge is -2.18. The molecule has 110 valence electrons. The van der Waals surface area contributed by atoms with Crippen molar-refractivity contribution in [2.45, 2.75) is 32.2 Å². The van der Waals surface area contributed by atoms with E-state index in [-0.39, 0.29) is 10.8 Å². The third kappa shape index (κ3) is 3.73. The summed E-state index contributed by atoms with van der Waals surface area (Å²) in [4.78, 5) is 11.8. The molecular formula is C18H19BrO2. The molecule has 2 aromatic carbocycles. The highest BCUT2D eigenvalue weighted by Gasteiger charge is 2.14. The van der Waals surface area contributed by atoms with E-state index in [2.05, 4.69) is 15.9 Å². The van der Waals surface area contributed by atoms with E-state index in [1.165, 1.54) is 0 Å². The zero-order valence-corrected chi connectivity index (χ0v) is 14.1. The third-order valence-corrected chi connectivity index (χ3v) is 4.10. The van der Waals surface area contributed by atoms with Crippen molar-refractivity contribution in [2.75, 3.05) is 0 Å². The van der Waals surface area contributed by atoms with Crippen molar-refractivity contribution in [3.8, 4) is 5.75 Å². The van der Waals surface area contributed by atoms with Gasteiger partial charge in [-0.25, -0.2) is 0 Å². The lowest BCUT2D eigenvalue weighted by molar-refractivity contribution is 0.0988. The molecular weight excluding hydrogens is 328 g/mol. The van der Waals surface area contributed by atoms with Crippen LogP contribution in [0.1, 0.15) is 45.4 Å². The minimum absolute atomic E-state index is 0.159. The summed E-state index contributed by atoms with van der Waals surface area (Å²) in [7, 11) is 0. The standard InChI is InChI=1S/C18H19BrO2/c1-4-16(20)15-10-12(2)17(13(3)11-15)21-18(19)14-8-6-5-7-9-14/h5-11,18H,4H2,1-3H3. The third-order valence-electron chi connectivity index (χ3n) is 3.39. The first kappa shape index (κ1) is 15.8. The first-order chi connectivity index (χ1) is 10.0. The van der Waals surface area contributed by atoms with Gasteiger partial charge in [-0.1, -0.05) is 37.3 Å². The van der Waals surface area contributed by atoms with Gasteiger partial charge in [0, 0.05) is 17.5 Å². The molecule has 3 heteroatoms. The second kappa shape index (κ2) is 6.90. The van der Waals surface area contributed by atoms with Gasteiger partial charge >= 0.3 is 0 Å². The van der Waals surface area contributed by atoms with Crippen LogP contribution in [-0.2, 0) is 0 Å². The summed E-state index contributed by atoms with van der Waals surface area (Å²) in [5.41, 5.74) is 3.77. The molecule has 0 aliphatic carbocycles. The van der Waals surface area contributed by atoms with Gasteiger partial charge in [-0.15, -0.1) is 0 Å². The topological polar surface area (TPSA) is 26.3 Å².